The van der Waals surface area contributed by atoms with Gasteiger partial charge in [0.05, 0.1) is 16.3 Å². The number of hydrogen-bond donors (Lipinski definition) is 4. The number of phenols is 3. The molecule has 3 aromatic carbocycles. The molecule has 148 valence electrons. The van der Waals surface area contributed by atoms with Gasteiger partial charge in [0.15, 0.2) is 0 Å². The summed E-state index contributed by atoms with van der Waals surface area (Å²) in [5.74, 6) is -0.616. The Morgan fingerprint density at radius 2 is 1.07 bits per heavy atom. The molecule has 0 bridgehead atoms. The van der Waals surface area contributed by atoms with Crippen LogP contribution in [0.4, 0.5) is 22.7 Å². The van der Waals surface area contributed by atoms with Crippen LogP contribution in [0, 0.1) is 0 Å². The summed E-state index contributed by atoms with van der Waals surface area (Å²) in [6.45, 7) is 0. The van der Waals surface area contributed by atoms with Crippen molar-refractivity contribution in [2.45, 2.75) is 4.90 Å². The average Bonchev–Trinajstić information content (AvgIpc) is 2.67. The van der Waals surface area contributed by atoms with Gasteiger partial charge in [0.1, 0.15) is 28.6 Å². The SMILES string of the molecule is O=S(=O)(O)c1ccc(N=Nc2cc(N=Nc3ccc(O)cc3)c(O)cc2O)cc1. The van der Waals surface area contributed by atoms with E-state index >= 15 is 0 Å². The third-order valence-electron chi connectivity index (χ3n) is 3.60. The molecule has 0 radical (unpaired) electrons. The molecule has 0 unspecified atom stereocenters. The van der Waals surface area contributed by atoms with E-state index in [1.54, 1.807) is 0 Å². The second-order valence-corrected chi connectivity index (χ2v) is 7.14. The monoisotopic (exact) mass is 414 g/mol. The molecule has 0 aliphatic rings. The Bertz CT molecular complexity index is 1190. The van der Waals surface area contributed by atoms with Crippen LogP contribution >= 0.6 is 0 Å². The van der Waals surface area contributed by atoms with Crippen molar-refractivity contribution in [2.75, 3.05) is 0 Å². The molecule has 0 spiro atoms. The van der Waals surface area contributed by atoms with Crippen LogP contribution in [0.1, 0.15) is 0 Å². The van der Waals surface area contributed by atoms with Gasteiger partial charge < -0.3 is 15.3 Å². The highest BCUT2D eigenvalue weighted by Gasteiger charge is 2.10. The zero-order chi connectivity index (χ0) is 21.0. The van der Waals surface area contributed by atoms with Crippen molar-refractivity contribution in [1.82, 2.24) is 0 Å². The average molecular weight is 414 g/mol. The van der Waals surface area contributed by atoms with Crippen molar-refractivity contribution in [1.29, 1.82) is 0 Å². The maximum atomic E-state index is 11.0. The summed E-state index contributed by atoms with van der Waals surface area (Å²) >= 11 is 0. The standard InChI is InChI=1S/C18H14N4O6S/c23-13-5-1-11(2-6-13)19-21-15-9-16(18(25)10-17(15)24)22-20-12-3-7-14(8-4-12)29(26,27)28/h1-10,23-25H,(H,26,27,28). The summed E-state index contributed by atoms with van der Waals surface area (Å²) in [6.07, 6.45) is 0. The molecular formula is C18H14N4O6S. The summed E-state index contributed by atoms with van der Waals surface area (Å²) < 4.78 is 31.0. The van der Waals surface area contributed by atoms with E-state index < -0.39 is 10.1 Å². The predicted octanol–water partition coefficient (Wildman–Crippen LogP) is 4.88. The Morgan fingerprint density at radius 3 is 1.52 bits per heavy atom. The molecule has 0 saturated carbocycles. The predicted molar refractivity (Wildman–Crippen MR) is 102 cm³/mol. The highest BCUT2D eigenvalue weighted by molar-refractivity contribution is 7.85. The third-order valence-corrected chi connectivity index (χ3v) is 4.47. The van der Waals surface area contributed by atoms with Crippen LogP contribution in [0.15, 0.2) is 86.0 Å². The fourth-order valence-corrected chi connectivity index (χ4v) is 2.62. The maximum Gasteiger partial charge on any atom is 0.294 e. The number of phenolic OH excluding ortho intramolecular Hbond substituents is 3. The van der Waals surface area contributed by atoms with E-state index in [0.717, 1.165) is 18.2 Å². The van der Waals surface area contributed by atoms with Crippen LogP contribution in [0.3, 0.4) is 0 Å². The summed E-state index contributed by atoms with van der Waals surface area (Å²) in [4.78, 5) is -0.291. The first-order valence-corrected chi connectivity index (χ1v) is 9.42. The second-order valence-electron chi connectivity index (χ2n) is 5.72. The molecule has 0 saturated heterocycles. The van der Waals surface area contributed by atoms with Gasteiger partial charge >= 0.3 is 0 Å². The van der Waals surface area contributed by atoms with Crippen molar-refractivity contribution >= 4 is 32.9 Å². The van der Waals surface area contributed by atoms with Gasteiger partial charge in [0.25, 0.3) is 10.1 Å². The molecule has 0 aliphatic carbocycles. The maximum absolute atomic E-state index is 11.0. The first-order valence-electron chi connectivity index (χ1n) is 7.98. The molecule has 0 aromatic heterocycles. The number of benzene rings is 3. The molecule has 0 fully saturated rings. The van der Waals surface area contributed by atoms with Gasteiger partial charge in [-0.05, 0) is 48.5 Å². The molecule has 10 nitrogen and oxygen atoms in total. The molecule has 4 N–H and O–H groups in total. The van der Waals surface area contributed by atoms with E-state index in [4.69, 9.17) is 4.55 Å². The molecule has 11 heteroatoms. The second kappa shape index (κ2) is 8.04. The largest absolute Gasteiger partial charge is 0.508 e. The lowest BCUT2D eigenvalue weighted by atomic mass is 10.2. The molecule has 3 aromatic rings. The van der Waals surface area contributed by atoms with Crippen LogP contribution in [-0.2, 0) is 10.1 Å². The lowest BCUT2D eigenvalue weighted by Crippen LogP contribution is -1.96. The van der Waals surface area contributed by atoms with Gasteiger partial charge in [-0.25, -0.2) is 0 Å². The molecular weight excluding hydrogens is 400 g/mol. The van der Waals surface area contributed by atoms with Crippen molar-refractivity contribution in [3.8, 4) is 17.2 Å². The van der Waals surface area contributed by atoms with Crippen LogP contribution in [-0.4, -0.2) is 28.3 Å². The summed E-state index contributed by atoms with van der Waals surface area (Å²) in [7, 11) is -4.31. The van der Waals surface area contributed by atoms with Crippen molar-refractivity contribution in [2.24, 2.45) is 20.5 Å². The summed E-state index contributed by atoms with van der Waals surface area (Å²) in [5, 5.41) is 44.6. The Kier molecular flexibility index (Phi) is 5.52. The normalized spacial score (nSPS) is 12.0. The first-order chi connectivity index (χ1) is 13.7. The van der Waals surface area contributed by atoms with Crippen LogP contribution in [0.25, 0.3) is 0 Å². The number of hydrogen-bond acceptors (Lipinski definition) is 9. The van der Waals surface area contributed by atoms with E-state index in [9.17, 15) is 23.7 Å². The van der Waals surface area contributed by atoms with Gasteiger partial charge in [-0.2, -0.15) is 18.6 Å². The van der Waals surface area contributed by atoms with E-state index in [-0.39, 0.29) is 39.2 Å². The molecule has 29 heavy (non-hydrogen) atoms. The van der Waals surface area contributed by atoms with E-state index in [1.165, 1.54) is 42.5 Å². The third kappa shape index (κ3) is 5.12. The molecule has 0 amide bonds. The smallest absolute Gasteiger partial charge is 0.294 e. The molecule has 0 heterocycles. The Balaban J connectivity index is 1.85. The summed E-state index contributed by atoms with van der Waals surface area (Å²) in [5.41, 5.74) is 0.697. The van der Waals surface area contributed by atoms with Crippen LogP contribution in [0.2, 0.25) is 0 Å². The Labute approximate surface area is 164 Å². The molecule has 0 atom stereocenters. The van der Waals surface area contributed by atoms with Gasteiger partial charge in [0, 0.05) is 12.1 Å². The van der Waals surface area contributed by atoms with Crippen molar-refractivity contribution in [3.63, 3.8) is 0 Å². The van der Waals surface area contributed by atoms with Crippen LogP contribution in [0.5, 0.6) is 17.2 Å². The highest BCUT2D eigenvalue weighted by atomic mass is 32.2. The van der Waals surface area contributed by atoms with Gasteiger partial charge in [-0.3, -0.25) is 4.55 Å². The van der Waals surface area contributed by atoms with E-state index in [0.29, 0.717) is 5.69 Å². The minimum absolute atomic E-state index is 0.0127. The van der Waals surface area contributed by atoms with Crippen LogP contribution < -0.4 is 0 Å². The van der Waals surface area contributed by atoms with Gasteiger partial charge in [-0.15, -0.1) is 10.2 Å². The van der Waals surface area contributed by atoms with Gasteiger partial charge in [-0.1, -0.05) is 0 Å². The minimum atomic E-state index is -4.31. The molecule has 3 rings (SSSR count). The summed E-state index contributed by atoms with van der Waals surface area (Å²) in [6, 6.07) is 13.1. The van der Waals surface area contributed by atoms with Gasteiger partial charge in [0.2, 0.25) is 0 Å². The molecule has 0 aliphatic heterocycles. The number of rotatable bonds is 5. The quantitative estimate of drug-likeness (QED) is 0.343. The lowest BCUT2D eigenvalue weighted by molar-refractivity contribution is 0.452. The number of nitrogens with zero attached hydrogens (tertiary/aromatic N) is 4. The Hall–Kier alpha value is -3.83. The van der Waals surface area contributed by atoms with Crippen molar-refractivity contribution in [3.05, 3.63) is 60.7 Å². The fraction of sp³-hybridized carbons (Fsp3) is 0. The van der Waals surface area contributed by atoms with Crippen molar-refractivity contribution < 1.29 is 28.3 Å². The zero-order valence-corrected chi connectivity index (χ0v) is 15.4. The lowest BCUT2D eigenvalue weighted by Gasteiger charge is -2.03. The fourth-order valence-electron chi connectivity index (χ4n) is 2.14. The van der Waals surface area contributed by atoms with E-state index in [1.807, 2.05) is 0 Å². The van der Waals surface area contributed by atoms with E-state index in [2.05, 4.69) is 20.5 Å². The first kappa shape index (κ1) is 19.9. The topological polar surface area (TPSA) is 164 Å². The Morgan fingerprint density at radius 1 is 0.621 bits per heavy atom. The number of azo groups is 2. The minimum Gasteiger partial charge on any atom is -0.508 e. The highest BCUT2D eigenvalue weighted by Crippen LogP contribution is 2.39. The zero-order valence-electron chi connectivity index (χ0n) is 14.6. The number of aromatic hydroxyl groups is 3.